The lowest BCUT2D eigenvalue weighted by Crippen LogP contribution is -1.82. The lowest BCUT2D eigenvalue weighted by Gasteiger charge is -1.97. The Bertz CT molecular complexity index is 155. The SMILES string of the molecule is CC(C)Sc1ccco1. The van der Waals surface area contributed by atoms with Crippen molar-refractivity contribution >= 4 is 11.8 Å². The Labute approximate surface area is 59.4 Å². The van der Waals surface area contributed by atoms with Crippen LogP contribution in [0, 0.1) is 0 Å². The molecule has 1 aromatic heterocycles. The second-order valence-corrected chi connectivity index (χ2v) is 3.68. The molecule has 0 radical (unpaired) electrons. The predicted molar refractivity (Wildman–Crippen MR) is 39.7 cm³/mol. The summed E-state index contributed by atoms with van der Waals surface area (Å²) < 4.78 is 5.11. The van der Waals surface area contributed by atoms with Crippen molar-refractivity contribution in [2.45, 2.75) is 24.2 Å². The van der Waals surface area contributed by atoms with E-state index in [2.05, 4.69) is 13.8 Å². The Balaban J connectivity index is 2.48. The highest BCUT2D eigenvalue weighted by Gasteiger charge is 1.98. The molecule has 2 heteroatoms. The van der Waals surface area contributed by atoms with E-state index in [-0.39, 0.29) is 0 Å². The van der Waals surface area contributed by atoms with Crippen molar-refractivity contribution < 1.29 is 4.42 Å². The number of thioether (sulfide) groups is 1. The van der Waals surface area contributed by atoms with E-state index in [1.165, 1.54) is 0 Å². The van der Waals surface area contributed by atoms with Crippen molar-refractivity contribution in [3.63, 3.8) is 0 Å². The molecule has 1 nitrogen and oxygen atoms in total. The summed E-state index contributed by atoms with van der Waals surface area (Å²) in [7, 11) is 0. The summed E-state index contributed by atoms with van der Waals surface area (Å²) in [5.74, 6) is 0. The van der Waals surface area contributed by atoms with Crippen molar-refractivity contribution in [2.24, 2.45) is 0 Å². The van der Waals surface area contributed by atoms with Gasteiger partial charge in [0.15, 0.2) is 5.09 Å². The first-order chi connectivity index (χ1) is 4.29. The topological polar surface area (TPSA) is 13.1 Å². The van der Waals surface area contributed by atoms with Gasteiger partial charge >= 0.3 is 0 Å². The highest BCUT2D eigenvalue weighted by atomic mass is 32.2. The third-order valence-electron chi connectivity index (χ3n) is 0.847. The monoisotopic (exact) mass is 142 g/mol. The Morgan fingerprint density at radius 3 is 2.78 bits per heavy atom. The average Bonchev–Trinajstić information content (AvgIpc) is 2.15. The molecule has 0 atom stereocenters. The summed E-state index contributed by atoms with van der Waals surface area (Å²) >= 11 is 1.74. The molecule has 0 saturated carbocycles. The van der Waals surface area contributed by atoms with Crippen LogP contribution in [0.25, 0.3) is 0 Å². The molecule has 50 valence electrons. The lowest BCUT2D eigenvalue weighted by molar-refractivity contribution is 0.474. The summed E-state index contributed by atoms with van der Waals surface area (Å²) in [4.78, 5) is 0. The lowest BCUT2D eigenvalue weighted by atomic mass is 10.6. The van der Waals surface area contributed by atoms with Crippen molar-refractivity contribution in [3.05, 3.63) is 18.4 Å². The van der Waals surface area contributed by atoms with Crippen LogP contribution in [0.15, 0.2) is 27.9 Å². The van der Waals surface area contributed by atoms with Crippen molar-refractivity contribution in [1.29, 1.82) is 0 Å². The van der Waals surface area contributed by atoms with Gasteiger partial charge in [-0.05, 0) is 12.1 Å². The van der Waals surface area contributed by atoms with E-state index < -0.39 is 0 Å². The second kappa shape index (κ2) is 2.97. The van der Waals surface area contributed by atoms with Crippen molar-refractivity contribution in [3.8, 4) is 0 Å². The second-order valence-electron chi connectivity index (χ2n) is 2.10. The zero-order valence-electron chi connectivity index (χ0n) is 5.63. The van der Waals surface area contributed by atoms with Gasteiger partial charge in [-0.15, -0.1) is 0 Å². The van der Waals surface area contributed by atoms with E-state index in [1.54, 1.807) is 18.0 Å². The fraction of sp³-hybridized carbons (Fsp3) is 0.429. The highest BCUT2D eigenvalue weighted by Crippen LogP contribution is 2.22. The molecule has 0 bridgehead atoms. The van der Waals surface area contributed by atoms with Gasteiger partial charge in [0.05, 0.1) is 6.26 Å². The third-order valence-corrected chi connectivity index (χ3v) is 1.78. The van der Waals surface area contributed by atoms with E-state index in [9.17, 15) is 0 Å². The molecule has 0 saturated heterocycles. The Morgan fingerprint density at radius 2 is 2.33 bits per heavy atom. The van der Waals surface area contributed by atoms with Gasteiger partial charge in [0.1, 0.15) is 0 Å². The zero-order chi connectivity index (χ0) is 6.69. The summed E-state index contributed by atoms with van der Waals surface area (Å²) in [5, 5.41) is 1.61. The molecule has 9 heavy (non-hydrogen) atoms. The van der Waals surface area contributed by atoms with Gasteiger partial charge in [-0.2, -0.15) is 0 Å². The molecule has 0 unspecified atom stereocenters. The average molecular weight is 142 g/mol. The summed E-state index contributed by atoms with van der Waals surface area (Å²) in [5.41, 5.74) is 0. The maximum absolute atomic E-state index is 5.11. The van der Waals surface area contributed by atoms with E-state index in [1.807, 2.05) is 12.1 Å². The Morgan fingerprint density at radius 1 is 1.56 bits per heavy atom. The van der Waals surface area contributed by atoms with Crippen LogP contribution in [0.2, 0.25) is 0 Å². The molecule has 0 fully saturated rings. The van der Waals surface area contributed by atoms with Crippen molar-refractivity contribution in [1.82, 2.24) is 0 Å². The van der Waals surface area contributed by atoms with Crippen LogP contribution in [0.1, 0.15) is 13.8 Å². The van der Waals surface area contributed by atoms with E-state index >= 15 is 0 Å². The number of rotatable bonds is 2. The molecule has 0 spiro atoms. The maximum atomic E-state index is 5.11. The van der Waals surface area contributed by atoms with Crippen LogP contribution >= 0.6 is 11.8 Å². The van der Waals surface area contributed by atoms with Crippen molar-refractivity contribution in [2.75, 3.05) is 0 Å². The van der Waals surface area contributed by atoms with Crippen LogP contribution in [0.3, 0.4) is 0 Å². The van der Waals surface area contributed by atoms with Gasteiger partial charge in [-0.1, -0.05) is 25.6 Å². The normalized spacial score (nSPS) is 10.6. The van der Waals surface area contributed by atoms with Gasteiger partial charge in [-0.25, -0.2) is 0 Å². The van der Waals surface area contributed by atoms with E-state index in [0.717, 1.165) is 5.09 Å². The van der Waals surface area contributed by atoms with Crippen LogP contribution in [-0.2, 0) is 0 Å². The minimum Gasteiger partial charge on any atom is -0.458 e. The highest BCUT2D eigenvalue weighted by molar-refractivity contribution is 7.99. The molecule has 0 aliphatic rings. The quantitative estimate of drug-likeness (QED) is 0.589. The van der Waals surface area contributed by atoms with Gasteiger partial charge in [0, 0.05) is 5.25 Å². The fourth-order valence-corrected chi connectivity index (χ4v) is 1.30. The van der Waals surface area contributed by atoms with Gasteiger partial charge in [0.25, 0.3) is 0 Å². The van der Waals surface area contributed by atoms with Crippen LogP contribution in [0.5, 0.6) is 0 Å². The van der Waals surface area contributed by atoms with Crippen LogP contribution in [-0.4, -0.2) is 5.25 Å². The minimum atomic E-state index is 0.608. The zero-order valence-corrected chi connectivity index (χ0v) is 6.44. The van der Waals surface area contributed by atoms with Crippen LogP contribution < -0.4 is 0 Å². The van der Waals surface area contributed by atoms with E-state index in [0.29, 0.717) is 5.25 Å². The van der Waals surface area contributed by atoms with Gasteiger partial charge in [-0.3, -0.25) is 0 Å². The molecule has 0 aliphatic heterocycles. The largest absolute Gasteiger partial charge is 0.458 e. The van der Waals surface area contributed by atoms with Gasteiger partial charge in [0.2, 0.25) is 0 Å². The summed E-state index contributed by atoms with van der Waals surface area (Å²) in [6.07, 6.45) is 1.70. The minimum absolute atomic E-state index is 0.608. The molecule has 0 aliphatic carbocycles. The standard InChI is InChI=1S/C7H10OS/c1-6(2)9-7-4-3-5-8-7/h3-6H,1-2H3. The molecule has 1 rings (SSSR count). The van der Waals surface area contributed by atoms with E-state index in [4.69, 9.17) is 4.42 Å². The molecule has 1 heterocycles. The first-order valence-electron chi connectivity index (χ1n) is 2.99. The maximum Gasteiger partial charge on any atom is 0.160 e. The summed E-state index contributed by atoms with van der Waals surface area (Å²) in [6.45, 7) is 4.29. The number of hydrogen-bond acceptors (Lipinski definition) is 2. The fourth-order valence-electron chi connectivity index (χ4n) is 0.563. The molecule has 0 aromatic carbocycles. The predicted octanol–water partition coefficient (Wildman–Crippen LogP) is 2.78. The smallest absolute Gasteiger partial charge is 0.160 e. The number of hydrogen-bond donors (Lipinski definition) is 0. The van der Waals surface area contributed by atoms with Gasteiger partial charge < -0.3 is 4.42 Å². The first-order valence-corrected chi connectivity index (χ1v) is 3.87. The summed E-state index contributed by atoms with van der Waals surface area (Å²) in [6, 6.07) is 3.88. The molecule has 0 N–H and O–H groups in total. The molecule has 1 aromatic rings. The molecular weight excluding hydrogens is 132 g/mol. The van der Waals surface area contributed by atoms with Crippen LogP contribution in [0.4, 0.5) is 0 Å². The molecular formula is C7H10OS. The molecule has 0 amide bonds. The third kappa shape index (κ3) is 2.14. The number of furan rings is 1. The Kier molecular flexibility index (Phi) is 2.22. The first kappa shape index (κ1) is 6.75. The Hall–Kier alpha value is -0.370.